The quantitative estimate of drug-likeness (QED) is 0.882. The molecule has 19 heavy (non-hydrogen) atoms. The van der Waals surface area contributed by atoms with Crippen LogP contribution in [0.1, 0.15) is 25.3 Å². The van der Waals surface area contributed by atoms with Gasteiger partial charge in [0.1, 0.15) is 5.01 Å². The van der Waals surface area contributed by atoms with Crippen LogP contribution in [0.5, 0.6) is 0 Å². The molecule has 2 N–H and O–H groups in total. The summed E-state index contributed by atoms with van der Waals surface area (Å²) in [7, 11) is 0. The summed E-state index contributed by atoms with van der Waals surface area (Å²) < 4.78 is 1.15. The number of para-hydroxylation sites is 1. The largest absolute Gasteiger partial charge is 0.338 e. The van der Waals surface area contributed by atoms with E-state index in [-0.39, 0.29) is 6.03 Å². The van der Waals surface area contributed by atoms with Gasteiger partial charge in [-0.1, -0.05) is 26.0 Å². The van der Waals surface area contributed by atoms with E-state index in [0.29, 0.717) is 19.0 Å². The standard InChI is InChI=1S/C14H19N3OS/c1-10(2)7-8-15-14(18)16-9-13-17-11-5-3-4-6-12(11)19-13/h3-6,10H,7-9H2,1-2H3,(H2,15,16,18). The summed E-state index contributed by atoms with van der Waals surface area (Å²) in [6.07, 6.45) is 0.995. The van der Waals surface area contributed by atoms with E-state index < -0.39 is 0 Å². The Hall–Kier alpha value is -1.62. The Morgan fingerprint density at radius 2 is 2.11 bits per heavy atom. The van der Waals surface area contributed by atoms with Gasteiger partial charge in [-0.15, -0.1) is 11.3 Å². The first kappa shape index (κ1) is 13.8. The highest BCUT2D eigenvalue weighted by Gasteiger charge is 2.05. The molecule has 0 unspecified atom stereocenters. The third kappa shape index (κ3) is 4.21. The van der Waals surface area contributed by atoms with Gasteiger partial charge in [0.25, 0.3) is 0 Å². The third-order valence-electron chi connectivity index (χ3n) is 2.75. The Balaban J connectivity index is 1.80. The van der Waals surface area contributed by atoms with E-state index in [1.165, 1.54) is 0 Å². The number of rotatable bonds is 5. The van der Waals surface area contributed by atoms with E-state index in [0.717, 1.165) is 21.6 Å². The molecule has 2 amide bonds. The van der Waals surface area contributed by atoms with Gasteiger partial charge in [0, 0.05) is 6.54 Å². The van der Waals surface area contributed by atoms with Crippen molar-refractivity contribution in [1.29, 1.82) is 0 Å². The summed E-state index contributed by atoms with van der Waals surface area (Å²) in [5.41, 5.74) is 0.990. The van der Waals surface area contributed by atoms with E-state index in [4.69, 9.17) is 0 Å². The number of carbonyl (C=O) groups excluding carboxylic acids is 1. The lowest BCUT2D eigenvalue weighted by atomic mass is 10.1. The number of urea groups is 1. The molecule has 0 saturated heterocycles. The zero-order valence-electron chi connectivity index (χ0n) is 11.3. The van der Waals surface area contributed by atoms with Crippen molar-refractivity contribution in [1.82, 2.24) is 15.6 Å². The predicted octanol–water partition coefficient (Wildman–Crippen LogP) is 3.14. The van der Waals surface area contributed by atoms with Gasteiger partial charge in [0.15, 0.2) is 0 Å². The van der Waals surface area contributed by atoms with Gasteiger partial charge in [-0.05, 0) is 24.5 Å². The Bertz CT molecular complexity index is 517. The molecule has 2 aromatic rings. The molecule has 0 bridgehead atoms. The van der Waals surface area contributed by atoms with Gasteiger partial charge in [-0.3, -0.25) is 0 Å². The minimum absolute atomic E-state index is 0.125. The lowest BCUT2D eigenvalue weighted by Gasteiger charge is -2.07. The SMILES string of the molecule is CC(C)CCNC(=O)NCc1nc2ccccc2s1. The van der Waals surface area contributed by atoms with Crippen LogP contribution in [0.3, 0.4) is 0 Å². The van der Waals surface area contributed by atoms with Crippen molar-refractivity contribution in [3.63, 3.8) is 0 Å². The van der Waals surface area contributed by atoms with Crippen LogP contribution in [-0.4, -0.2) is 17.6 Å². The highest BCUT2D eigenvalue weighted by atomic mass is 32.1. The summed E-state index contributed by atoms with van der Waals surface area (Å²) in [6, 6.07) is 7.87. The maximum Gasteiger partial charge on any atom is 0.315 e. The Morgan fingerprint density at radius 3 is 2.84 bits per heavy atom. The summed E-state index contributed by atoms with van der Waals surface area (Å²) in [5, 5.41) is 6.61. The van der Waals surface area contributed by atoms with Crippen molar-refractivity contribution in [2.45, 2.75) is 26.8 Å². The summed E-state index contributed by atoms with van der Waals surface area (Å²) in [4.78, 5) is 16.0. The fourth-order valence-electron chi connectivity index (χ4n) is 1.69. The highest BCUT2D eigenvalue weighted by Crippen LogP contribution is 2.21. The number of carbonyl (C=O) groups is 1. The zero-order chi connectivity index (χ0) is 13.7. The predicted molar refractivity (Wildman–Crippen MR) is 79.3 cm³/mol. The minimum Gasteiger partial charge on any atom is -0.338 e. The first-order valence-electron chi connectivity index (χ1n) is 6.51. The maximum atomic E-state index is 11.6. The first-order valence-corrected chi connectivity index (χ1v) is 7.33. The van der Waals surface area contributed by atoms with Crippen molar-refractivity contribution in [2.24, 2.45) is 5.92 Å². The van der Waals surface area contributed by atoms with Crippen LogP contribution in [0, 0.1) is 5.92 Å². The van der Waals surface area contributed by atoms with Gasteiger partial charge in [-0.25, -0.2) is 9.78 Å². The Labute approximate surface area is 117 Å². The number of amides is 2. The van der Waals surface area contributed by atoms with Gasteiger partial charge < -0.3 is 10.6 Å². The van der Waals surface area contributed by atoms with Crippen LogP contribution >= 0.6 is 11.3 Å². The molecule has 0 fully saturated rings. The average molecular weight is 277 g/mol. The number of hydrogen-bond acceptors (Lipinski definition) is 3. The molecule has 0 atom stereocenters. The lowest BCUT2D eigenvalue weighted by Crippen LogP contribution is -2.35. The second-order valence-corrected chi connectivity index (χ2v) is 5.98. The van der Waals surface area contributed by atoms with Gasteiger partial charge in [0.2, 0.25) is 0 Å². The fourth-order valence-corrected chi connectivity index (χ4v) is 2.60. The second kappa shape index (κ2) is 6.52. The van der Waals surface area contributed by atoms with Crippen LogP contribution < -0.4 is 10.6 Å². The molecule has 1 heterocycles. The maximum absolute atomic E-state index is 11.6. The monoisotopic (exact) mass is 277 g/mol. The number of fused-ring (bicyclic) bond motifs is 1. The van der Waals surface area contributed by atoms with Crippen LogP contribution in [0.4, 0.5) is 4.79 Å². The van der Waals surface area contributed by atoms with Gasteiger partial charge in [-0.2, -0.15) is 0 Å². The minimum atomic E-state index is -0.125. The first-order chi connectivity index (χ1) is 9.15. The second-order valence-electron chi connectivity index (χ2n) is 4.87. The third-order valence-corrected chi connectivity index (χ3v) is 3.78. The fraction of sp³-hybridized carbons (Fsp3) is 0.429. The number of nitrogens with zero attached hydrogens (tertiary/aromatic N) is 1. The Kier molecular flexibility index (Phi) is 4.74. The molecule has 0 saturated carbocycles. The molecule has 0 aliphatic rings. The molecule has 0 aliphatic carbocycles. The van der Waals surface area contributed by atoms with Crippen LogP contribution in [0.2, 0.25) is 0 Å². The normalized spacial score (nSPS) is 10.9. The molecular weight excluding hydrogens is 258 g/mol. The number of nitrogens with one attached hydrogen (secondary N) is 2. The molecule has 5 heteroatoms. The molecule has 0 aliphatic heterocycles. The highest BCUT2D eigenvalue weighted by molar-refractivity contribution is 7.18. The van der Waals surface area contributed by atoms with Crippen LogP contribution in [0.25, 0.3) is 10.2 Å². The molecule has 102 valence electrons. The van der Waals surface area contributed by atoms with Crippen molar-refractivity contribution in [3.05, 3.63) is 29.3 Å². The average Bonchev–Trinajstić information content (AvgIpc) is 2.78. The smallest absolute Gasteiger partial charge is 0.315 e. The molecular formula is C14H19N3OS. The van der Waals surface area contributed by atoms with Gasteiger partial charge in [0.05, 0.1) is 16.8 Å². The number of thiazole rings is 1. The molecule has 4 nitrogen and oxygen atoms in total. The van der Waals surface area contributed by atoms with E-state index in [2.05, 4.69) is 29.5 Å². The number of hydrogen-bond donors (Lipinski definition) is 2. The molecule has 1 aromatic carbocycles. The molecule has 1 aromatic heterocycles. The van der Waals surface area contributed by atoms with Crippen LogP contribution in [-0.2, 0) is 6.54 Å². The van der Waals surface area contributed by atoms with E-state index >= 15 is 0 Å². The van der Waals surface area contributed by atoms with Crippen molar-refractivity contribution in [2.75, 3.05) is 6.54 Å². The van der Waals surface area contributed by atoms with Crippen molar-refractivity contribution < 1.29 is 4.79 Å². The van der Waals surface area contributed by atoms with Gasteiger partial charge >= 0.3 is 6.03 Å². The molecule has 0 spiro atoms. The lowest BCUT2D eigenvalue weighted by molar-refractivity contribution is 0.240. The zero-order valence-corrected chi connectivity index (χ0v) is 12.1. The van der Waals surface area contributed by atoms with E-state index in [1.807, 2.05) is 24.3 Å². The van der Waals surface area contributed by atoms with Crippen molar-refractivity contribution in [3.8, 4) is 0 Å². The summed E-state index contributed by atoms with van der Waals surface area (Å²) in [5.74, 6) is 0.601. The topological polar surface area (TPSA) is 54.0 Å². The number of aromatic nitrogens is 1. The van der Waals surface area contributed by atoms with Crippen molar-refractivity contribution >= 4 is 27.6 Å². The number of benzene rings is 1. The summed E-state index contributed by atoms with van der Waals surface area (Å²) >= 11 is 1.61. The van der Waals surface area contributed by atoms with E-state index in [9.17, 15) is 4.79 Å². The molecule has 2 rings (SSSR count). The van der Waals surface area contributed by atoms with Crippen LogP contribution in [0.15, 0.2) is 24.3 Å². The van der Waals surface area contributed by atoms with E-state index in [1.54, 1.807) is 11.3 Å². The Morgan fingerprint density at radius 1 is 1.32 bits per heavy atom. The molecule has 0 radical (unpaired) electrons. The summed E-state index contributed by atoms with van der Waals surface area (Å²) in [6.45, 7) is 5.47.